The Kier molecular flexibility index (Phi) is 12.9. The molecule has 6 bridgehead atoms. The number of amides is 6. The molecule has 0 spiro atoms. The molecule has 3 aliphatic heterocycles. The molecule has 18 heteroatoms. The van der Waals surface area contributed by atoms with Crippen LogP contribution in [0, 0.1) is 10.1 Å². The lowest BCUT2D eigenvalue weighted by atomic mass is 9.98. The standard InChI is InChI=1S/C40H47N7O11/c1-21-35(49)42-22(2)38(52)44(4)30(16-24-8-12-27(57-7)13-9-24)37(51)43-23(3)39(53)46(6)32-17-25-10-14-28(15-11-25)58-33-20-26(18-29(34(33)48)47(55)56)19-31(36(50)41-21)45(5)40(32)54/h8-15,18,20-23,30-32,48H,16-17,19H2,1-7H3,(H,41,50)(H,42,49)(H,43,51)/t21-,22+,23+,30+,31+,32+/m1/s1. The van der Waals surface area contributed by atoms with Gasteiger partial charge in [0.15, 0.2) is 5.75 Å². The van der Waals surface area contributed by atoms with Gasteiger partial charge in [-0.3, -0.25) is 38.9 Å². The number of fused-ring (bicyclic) bond motifs is 2. The van der Waals surface area contributed by atoms with Crippen molar-refractivity contribution in [1.29, 1.82) is 0 Å². The van der Waals surface area contributed by atoms with Gasteiger partial charge in [0.05, 0.1) is 12.0 Å². The van der Waals surface area contributed by atoms with E-state index in [9.17, 15) is 44.0 Å². The number of aromatic hydroxyl groups is 1. The number of nitro groups is 1. The molecule has 6 atom stereocenters. The van der Waals surface area contributed by atoms with Gasteiger partial charge in [0.25, 0.3) is 0 Å². The van der Waals surface area contributed by atoms with Crippen molar-refractivity contribution in [2.75, 3.05) is 28.3 Å². The Morgan fingerprint density at radius 2 is 1.28 bits per heavy atom. The second kappa shape index (κ2) is 17.6. The van der Waals surface area contributed by atoms with Crippen LogP contribution in [0.4, 0.5) is 5.69 Å². The van der Waals surface area contributed by atoms with Crippen LogP contribution in [-0.2, 0) is 48.0 Å². The fraction of sp³-hybridized carbons (Fsp3) is 0.400. The van der Waals surface area contributed by atoms with Gasteiger partial charge in [-0.15, -0.1) is 0 Å². The van der Waals surface area contributed by atoms with E-state index >= 15 is 0 Å². The molecule has 0 radical (unpaired) electrons. The first-order valence-corrected chi connectivity index (χ1v) is 18.5. The Morgan fingerprint density at radius 1 is 0.724 bits per heavy atom. The van der Waals surface area contributed by atoms with Crippen LogP contribution in [0.25, 0.3) is 0 Å². The average molecular weight is 802 g/mol. The van der Waals surface area contributed by atoms with E-state index in [0.717, 1.165) is 11.0 Å². The summed E-state index contributed by atoms with van der Waals surface area (Å²) in [4.78, 5) is 99.0. The highest BCUT2D eigenvalue weighted by molar-refractivity contribution is 5.98. The maximum atomic E-state index is 14.7. The second-order valence-corrected chi connectivity index (χ2v) is 14.5. The summed E-state index contributed by atoms with van der Waals surface area (Å²) in [6, 6.07) is 7.99. The van der Waals surface area contributed by atoms with Gasteiger partial charge in [-0.25, -0.2) is 0 Å². The Balaban J connectivity index is 1.60. The molecule has 3 aromatic rings. The lowest BCUT2D eigenvalue weighted by Gasteiger charge is -2.36. The first-order valence-electron chi connectivity index (χ1n) is 18.5. The van der Waals surface area contributed by atoms with E-state index in [0.29, 0.717) is 16.9 Å². The normalized spacial score (nSPS) is 23.9. The Morgan fingerprint density at radius 3 is 1.88 bits per heavy atom. The van der Waals surface area contributed by atoms with E-state index in [1.54, 1.807) is 36.4 Å². The van der Waals surface area contributed by atoms with Crippen molar-refractivity contribution in [1.82, 2.24) is 30.7 Å². The van der Waals surface area contributed by atoms with Crippen molar-refractivity contribution in [3.8, 4) is 23.0 Å². The number of hydrogen-bond donors (Lipinski definition) is 4. The Labute approximate surface area is 334 Å². The summed E-state index contributed by atoms with van der Waals surface area (Å²) in [7, 11) is 5.63. The van der Waals surface area contributed by atoms with E-state index in [-0.39, 0.29) is 36.3 Å². The fourth-order valence-corrected chi connectivity index (χ4v) is 6.89. The molecule has 6 amide bonds. The number of phenols is 1. The largest absolute Gasteiger partial charge is 0.499 e. The molecule has 308 valence electrons. The zero-order valence-electron chi connectivity index (χ0n) is 33.2. The van der Waals surface area contributed by atoms with Crippen LogP contribution in [0.1, 0.15) is 37.5 Å². The number of nitrogens with one attached hydrogen (secondary N) is 3. The van der Waals surface area contributed by atoms with E-state index in [4.69, 9.17) is 9.47 Å². The molecular weight excluding hydrogens is 754 g/mol. The van der Waals surface area contributed by atoms with E-state index in [2.05, 4.69) is 16.0 Å². The van der Waals surface area contributed by atoms with E-state index < -0.39 is 88.1 Å². The number of ether oxygens (including phenoxy) is 2. The van der Waals surface area contributed by atoms with Crippen LogP contribution in [0.3, 0.4) is 0 Å². The van der Waals surface area contributed by atoms with Gasteiger partial charge in [-0.05, 0) is 67.8 Å². The number of phenolic OH excluding ortho intramolecular Hbond substituents is 1. The molecular formula is C40H47N7O11. The molecule has 1 saturated heterocycles. The highest BCUT2D eigenvalue weighted by Gasteiger charge is 2.39. The number of likely N-dealkylation sites (N-methyl/N-ethyl adjacent to an activating group) is 3. The number of nitrogens with zero attached hydrogens (tertiary/aromatic N) is 4. The van der Waals surface area contributed by atoms with Crippen LogP contribution in [-0.4, -0.2) is 125 Å². The van der Waals surface area contributed by atoms with Crippen molar-refractivity contribution in [2.45, 2.75) is 76.3 Å². The smallest absolute Gasteiger partial charge is 0.314 e. The van der Waals surface area contributed by atoms with Gasteiger partial charge < -0.3 is 45.2 Å². The topological polar surface area (TPSA) is 230 Å². The highest BCUT2D eigenvalue weighted by Crippen LogP contribution is 2.40. The Hall–Kier alpha value is -6.72. The first kappa shape index (κ1) is 42.4. The van der Waals surface area contributed by atoms with Crippen LogP contribution in [0.2, 0.25) is 0 Å². The van der Waals surface area contributed by atoms with Gasteiger partial charge >= 0.3 is 5.69 Å². The molecule has 3 aliphatic rings. The lowest BCUT2D eigenvalue weighted by molar-refractivity contribution is -0.386. The maximum Gasteiger partial charge on any atom is 0.314 e. The van der Waals surface area contributed by atoms with E-state index in [1.165, 1.54) is 77.0 Å². The fourth-order valence-electron chi connectivity index (χ4n) is 6.89. The van der Waals surface area contributed by atoms with Gasteiger partial charge in [0.2, 0.25) is 41.2 Å². The van der Waals surface area contributed by atoms with Crippen LogP contribution in [0.5, 0.6) is 23.0 Å². The molecule has 0 saturated carbocycles. The minimum Gasteiger partial charge on any atom is -0.499 e. The number of nitro benzene ring substituents is 1. The number of carbonyl (C=O) groups excluding carboxylic acids is 6. The number of hydrogen-bond acceptors (Lipinski definition) is 11. The zero-order valence-corrected chi connectivity index (χ0v) is 33.2. The van der Waals surface area contributed by atoms with Crippen molar-refractivity contribution in [2.24, 2.45) is 0 Å². The molecule has 3 heterocycles. The average Bonchev–Trinajstić information content (AvgIpc) is 3.20. The molecule has 3 aromatic carbocycles. The van der Waals surface area contributed by atoms with Crippen LogP contribution < -0.4 is 25.4 Å². The predicted molar refractivity (Wildman–Crippen MR) is 208 cm³/mol. The molecule has 0 aliphatic carbocycles. The quantitative estimate of drug-likeness (QED) is 0.218. The molecule has 0 unspecified atom stereocenters. The monoisotopic (exact) mass is 801 g/mol. The van der Waals surface area contributed by atoms with Crippen molar-refractivity contribution in [3.05, 3.63) is 87.5 Å². The second-order valence-electron chi connectivity index (χ2n) is 14.5. The summed E-state index contributed by atoms with van der Waals surface area (Å²) in [5, 5.41) is 30.6. The summed E-state index contributed by atoms with van der Waals surface area (Å²) >= 11 is 0. The molecule has 0 aromatic heterocycles. The number of carbonyl (C=O) groups is 6. The lowest BCUT2D eigenvalue weighted by Crippen LogP contribution is -2.61. The molecule has 1 fully saturated rings. The number of benzene rings is 3. The van der Waals surface area contributed by atoms with Gasteiger partial charge in [-0.1, -0.05) is 24.3 Å². The Bertz CT molecular complexity index is 2090. The third kappa shape index (κ3) is 9.28. The summed E-state index contributed by atoms with van der Waals surface area (Å²) in [5.74, 6) is -4.52. The summed E-state index contributed by atoms with van der Waals surface area (Å²) in [6.45, 7) is 4.23. The minimum atomic E-state index is -1.44. The third-order valence-electron chi connectivity index (χ3n) is 10.5. The zero-order chi connectivity index (χ0) is 42.6. The van der Waals surface area contributed by atoms with E-state index in [1.807, 2.05) is 0 Å². The van der Waals surface area contributed by atoms with Crippen molar-refractivity contribution < 1.29 is 48.3 Å². The van der Waals surface area contributed by atoms with Crippen molar-refractivity contribution >= 4 is 41.1 Å². The van der Waals surface area contributed by atoms with Gasteiger partial charge in [0.1, 0.15) is 47.8 Å². The van der Waals surface area contributed by atoms with Crippen LogP contribution >= 0.6 is 0 Å². The summed E-state index contributed by atoms with van der Waals surface area (Å²) in [5.41, 5.74) is 0.631. The third-order valence-corrected chi connectivity index (χ3v) is 10.5. The van der Waals surface area contributed by atoms with Crippen molar-refractivity contribution in [3.63, 3.8) is 0 Å². The van der Waals surface area contributed by atoms with Gasteiger partial charge in [0, 0.05) is 46.5 Å². The highest BCUT2D eigenvalue weighted by atomic mass is 16.6. The molecule has 18 nitrogen and oxygen atoms in total. The number of methoxy groups -OCH3 is 1. The molecule has 4 N–H and O–H groups in total. The number of rotatable bonds is 4. The first-order chi connectivity index (χ1) is 27.4. The molecule has 6 rings (SSSR count). The van der Waals surface area contributed by atoms with Gasteiger partial charge in [-0.2, -0.15) is 0 Å². The predicted octanol–water partition coefficient (Wildman–Crippen LogP) is 1.45. The van der Waals surface area contributed by atoms with Crippen LogP contribution in [0.15, 0.2) is 60.7 Å². The molecule has 58 heavy (non-hydrogen) atoms. The summed E-state index contributed by atoms with van der Waals surface area (Å²) in [6.07, 6.45) is -0.388. The SMILES string of the molecule is COc1ccc(C[C@H]2C(=O)N[C@@H](C)C(=O)N(C)[C@H]3Cc4ccc(cc4)Oc4cc(cc([N+](=O)[O-])c4O)C[C@@H](C(=O)N[C@H](C)C(=O)N[C@@H](C)C(=O)N2C)N(C)C3=O)cc1. The maximum absolute atomic E-state index is 14.7. The minimum absolute atomic E-state index is 0.0284. The summed E-state index contributed by atoms with van der Waals surface area (Å²) < 4.78 is 11.1.